The summed E-state index contributed by atoms with van der Waals surface area (Å²) in [5, 5.41) is 8.35. The van der Waals surface area contributed by atoms with Gasteiger partial charge in [0.2, 0.25) is 0 Å². The van der Waals surface area contributed by atoms with Crippen LogP contribution in [0.1, 0.15) is 29.3 Å². The Hall–Kier alpha value is -3.20. The van der Waals surface area contributed by atoms with Crippen molar-refractivity contribution < 1.29 is 14.3 Å². The minimum atomic E-state index is -0.362. The van der Waals surface area contributed by atoms with E-state index in [0.29, 0.717) is 37.3 Å². The predicted octanol–water partition coefficient (Wildman–Crippen LogP) is 3.90. The van der Waals surface area contributed by atoms with Gasteiger partial charge in [-0.25, -0.2) is 4.79 Å². The Balaban J connectivity index is 1.46. The standard InChI is InChI=1S/C23H24BrN5O3/c1-17-9-12-27(23(31)32-16-18-5-3-2-4-6-18)13-14-28(17)22(30)20-15-19(24)7-8-21(20)29-25-10-11-26-29/h2-8,10-11,15,17H,9,12-14,16H2,1H3/t17-/m1/s1. The van der Waals surface area contributed by atoms with Gasteiger partial charge in [0.1, 0.15) is 6.61 Å². The summed E-state index contributed by atoms with van der Waals surface area (Å²) in [6, 6.07) is 15.0. The molecule has 1 fully saturated rings. The Bertz CT molecular complexity index is 1070. The van der Waals surface area contributed by atoms with E-state index in [9.17, 15) is 9.59 Å². The van der Waals surface area contributed by atoms with Gasteiger partial charge >= 0.3 is 6.09 Å². The van der Waals surface area contributed by atoms with Gasteiger partial charge in [0.15, 0.2) is 0 Å². The molecule has 1 aliphatic rings. The van der Waals surface area contributed by atoms with Gasteiger partial charge in [0.05, 0.1) is 23.6 Å². The van der Waals surface area contributed by atoms with Gasteiger partial charge in [-0.05, 0) is 37.1 Å². The molecule has 0 N–H and O–H groups in total. The second kappa shape index (κ2) is 9.95. The zero-order valence-electron chi connectivity index (χ0n) is 17.7. The van der Waals surface area contributed by atoms with Crippen molar-refractivity contribution in [2.75, 3.05) is 19.6 Å². The van der Waals surface area contributed by atoms with Crippen LogP contribution in [-0.4, -0.2) is 62.5 Å². The van der Waals surface area contributed by atoms with E-state index in [1.165, 1.54) is 4.80 Å². The van der Waals surface area contributed by atoms with Crippen molar-refractivity contribution in [3.63, 3.8) is 0 Å². The molecule has 0 aliphatic carbocycles. The van der Waals surface area contributed by atoms with Crippen molar-refractivity contribution in [2.45, 2.75) is 26.0 Å². The summed E-state index contributed by atoms with van der Waals surface area (Å²) < 4.78 is 6.28. The van der Waals surface area contributed by atoms with Crippen LogP contribution in [0.4, 0.5) is 4.79 Å². The van der Waals surface area contributed by atoms with Gasteiger partial charge in [0.25, 0.3) is 5.91 Å². The molecule has 0 radical (unpaired) electrons. The van der Waals surface area contributed by atoms with Crippen molar-refractivity contribution in [3.05, 3.63) is 76.5 Å². The number of aromatic nitrogens is 3. The first-order valence-electron chi connectivity index (χ1n) is 10.5. The van der Waals surface area contributed by atoms with Crippen molar-refractivity contribution in [2.24, 2.45) is 0 Å². The summed E-state index contributed by atoms with van der Waals surface area (Å²) in [6.45, 7) is 3.59. The summed E-state index contributed by atoms with van der Waals surface area (Å²) in [4.78, 5) is 31.0. The molecule has 2 heterocycles. The van der Waals surface area contributed by atoms with Crippen molar-refractivity contribution in [1.29, 1.82) is 0 Å². The highest BCUT2D eigenvalue weighted by atomic mass is 79.9. The number of carbonyl (C=O) groups is 2. The van der Waals surface area contributed by atoms with Crippen LogP contribution in [0.3, 0.4) is 0 Å². The SMILES string of the molecule is C[C@@H]1CCN(C(=O)OCc2ccccc2)CCN1C(=O)c1cc(Br)ccc1-n1nccn1. The second-order valence-electron chi connectivity index (χ2n) is 7.64. The van der Waals surface area contributed by atoms with Gasteiger partial charge in [0, 0.05) is 30.1 Å². The van der Waals surface area contributed by atoms with E-state index >= 15 is 0 Å². The predicted molar refractivity (Wildman–Crippen MR) is 122 cm³/mol. The smallest absolute Gasteiger partial charge is 0.410 e. The van der Waals surface area contributed by atoms with Gasteiger partial charge in [-0.1, -0.05) is 46.3 Å². The number of hydrogen-bond acceptors (Lipinski definition) is 5. The molecule has 1 aromatic heterocycles. The fraction of sp³-hybridized carbons (Fsp3) is 0.304. The van der Waals surface area contributed by atoms with Crippen LogP contribution < -0.4 is 0 Å². The minimum Gasteiger partial charge on any atom is -0.445 e. The largest absolute Gasteiger partial charge is 0.445 e. The molecule has 1 atom stereocenters. The number of hydrogen-bond donors (Lipinski definition) is 0. The van der Waals surface area contributed by atoms with Crippen LogP contribution in [0.25, 0.3) is 5.69 Å². The topological polar surface area (TPSA) is 80.6 Å². The molecule has 1 saturated heterocycles. The third kappa shape index (κ3) is 4.99. The van der Waals surface area contributed by atoms with Crippen LogP contribution in [0.15, 0.2) is 65.4 Å². The fourth-order valence-electron chi connectivity index (χ4n) is 3.70. The highest BCUT2D eigenvalue weighted by molar-refractivity contribution is 9.10. The molecule has 3 aromatic rings. The van der Waals surface area contributed by atoms with E-state index in [1.54, 1.807) is 28.3 Å². The van der Waals surface area contributed by atoms with Gasteiger partial charge in [-0.15, -0.1) is 0 Å². The molecule has 8 nitrogen and oxygen atoms in total. The highest BCUT2D eigenvalue weighted by Crippen LogP contribution is 2.23. The molecule has 9 heteroatoms. The third-order valence-corrected chi connectivity index (χ3v) is 6.00. The molecule has 2 aromatic carbocycles. The molecule has 0 bridgehead atoms. The highest BCUT2D eigenvalue weighted by Gasteiger charge is 2.29. The lowest BCUT2D eigenvalue weighted by atomic mass is 10.1. The van der Waals surface area contributed by atoms with E-state index in [0.717, 1.165) is 10.0 Å². The van der Waals surface area contributed by atoms with Crippen LogP contribution in [0, 0.1) is 0 Å². The average Bonchev–Trinajstić information content (AvgIpc) is 3.27. The zero-order chi connectivity index (χ0) is 22.5. The number of rotatable bonds is 4. The number of nitrogens with zero attached hydrogens (tertiary/aromatic N) is 5. The van der Waals surface area contributed by atoms with Crippen LogP contribution in [-0.2, 0) is 11.3 Å². The summed E-state index contributed by atoms with van der Waals surface area (Å²) in [5.41, 5.74) is 2.05. The maximum Gasteiger partial charge on any atom is 0.410 e. The first kappa shape index (κ1) is 22.0. The van der Waals surface area contributed by atoms with E-state index in [4.69, 9.17) is 4.74 Å². The maximum absolute atomic E-state index is 13.5. The van der Waals surface area contributed by atoms with Crippen LogP contribution in [0.5, 0.6) is 0 Å². The van der Waals surface area contributed by atoms with Gasteiger partial charge in [-0.2, -0.15) is 15.0 Å². The molecule has 32 heavy (non-hydrogen) atoms. The molecule has 0 unspecified atom stereocenters. The van der Waals surface area contributed by atoms with Gasteiger partial charge < -0.3 is 14.5 Å². The number of carbonyl (C=O) groups excluding carboxylic acids is 2. The molecular formula is C23H24BrN5O3. The van der Waals surface area contributed by atoms with Crippen molar-refractivity contribution in [3.8, 4) is 5.69 Å². The quantitative estimate of drug-likeness (QED) is 0.545. The van der Waals surface area contributed by atoms with Gasteiger partial charge in [-0.3, -0.25) is 4.79 Å². The normalized spacial score (nSPS) is 16.5. The lowest BCUT2D eigenvalue weighted by molar-refractivity contribution is 0.0693. The van der Waals surface area contributed by atoms with Crippen molar-refractivity contribution >= 4 is 27.9 Å². The molecule has 0 spiro atoms. The van der Waals surface area contributed by atoms with Crippen LogP contribution >= 0.6 is 15.9 Å². The summed E-state index contributed by atoms with van der Waals surface area (Å²) in [5.74, 6) is -0.120. The second-order valence-corrected chi connectivity index (χ2v) is 8.56. The Morgan fingerprint density at radius 2 is 1.81 bits per heavy atom. The molecule has 4 rings (SSSR count). The van der Waals surface area contributed by atoms with E-state index in [2.05, 4.69) is 26.1 Å². The lowest BCUT2D eigenvalue weighted by Gasteiger charge is -2.27. The number of ether oxygens (including phenoxy) is 1. The number of amides is 2. The Morgan fingerprint density at radius 3 is 2.56 bits per heavy atom. The van der Waals surface area contributed by atoms with E-state index in [1.807, 2.05) is 49.4 Å². The molecule has 2 amide bonds. The monoisotopic (exact) mass is 497 g/mol. The molecule has 166 valence electrons. The fourth-order valence-corrected chi connectivity index (χ4v) is 4.06. The summed E-state index contributed by atoms with van der Waals surface area (Å²) in [7, 11) is 0. The number of halogens is 1. The van der Waals surface area contributed by atoms with Crippen LogP contribution in [0.2, 0.25) is 0 Å². The molecule has 1 aliphatic heterocycles. The Morgan fingerprint density at radius 1 is 1.06 bits per heavy atom. The number of benzene rings is 2. The average molecular weight is 498 g/mol. The summed E-state index contributed by atoms with van der Waals surface area (Å²) in [6.07, 6.45) is 3.45. The first-order valence-corrected chi connectivity index (χ1v) is 11.2. The Labute approximate surface area is 194 Å². The minimum absolute atomic E-state index is 0.0353. The zero-order valence-corrected chi connectivity index (χ0v) is 19.3. The molecule has 0 saturated carbocycles. The lowest BCUT2D eigenvalue weighted by Crippen LogP contribution is -2.41. The first-order chi connectivity index (χ1) is 15.5. The van der Waals surface area contributed by atoms with E-state index < -0.39 is 0 Å². The summed E-state index contributed by atoms with van der Waals surface area (Å²) >= 11 is 3.46. The maximum atomic E-state index is 13.5. The van der Waals surface area contributed by atoms with E-state index in [-0.39, 0.29) is 24.6 Å². The molecular weight excluding hydrogens is 474 g/mol. The third-order valence-electron chi connectivity index (χ3n) is 5.51. The Kier molecular flexibility index (Phi) is 6.84. The van der Waals surface area contributed by atoms with Crippen molar-refractivity contribution in [1.82, 2.24) is 24.8 Å².